The highest BCUT2D eigenvalue weighted by molar-refractivity contribution is 5.47. The van der Waals surface area contributed by atoms with Gasteiger partial charge in [-0.15, -0.1) is 0 Å². The number of anilines is 1. The molecular weight excluding hydrogens is 298 g/mol. The van der Waals surface area contributed by atoms with Crippen LogP contribution < -0.4 is 10.2 Å². The van der Waals surface area contributed by atoms with Gasteiger partial charge in [0.15, 0.2) is 0 Å². The van der Waals surface area contributed by atoms with E-state index in [2.05, 4.69) is 48.1 Å². The van der Waals surface area contributed by atoms with Gasteiger partial charge in [0.25, 0.3) is 0 Å². The van der Waals surface area contributed by atoms with Gasteiger partial charge >= 0.3 is 0 Å². The minimum absolute atomic E-state index is 0.631. The Morgan fingerprint density at radius 1 is 1.29 bits per heavy atom. The highest BCUT2D eigenvalue weighted by Gasteiger charge is 2.30. The normalized spacial score (nSPS) is 28.3. The third-order valence-electron chi connectivity index (χ3n) is 5.76. The van der Waals surface area contributed by atoms with Gasteiger partial charge in [0.2, 0.25) is 0 Å². The average molecular weight is 332 g/mol. The molecule has 1 aromatic rings. The van der Waals surface area contributed by atoms with Gasteiger partial charge in [-0.25, -0.2) is 4.98 Å². The molecule has 0 aromatic carbocycles. The summed E-state index contributed by atoms with van der Waals surface area (Å²) in [7, 11) is 0. The molecule has 0 amide bonds. The van der Waals surface area contributed by atoms with Gasteiger partial charge in [0.1, 0.15) is 5.82 Å². The molecule has 0 spiro atoms. The Hall–Kier alpha value is -1.13. The number of aromatic nitrogens is 1. The monoisotopic (exact) mass is 331 g/mol. The van der Waals surface area contributed by atoms with Crippen LogP contribution in [-0.2, 0) is 11.3 Å². The lowest BCUT2D eigenvalue weighted by molar-refractivity contribution is 0.122. The van der Waals surface area contributed by atoms with Gasteiger partial charge in [-0.2, -0.15) is 0 Å². The molecule has 0 bridgehead atoms. The summed E-state index contributed by atoms with van der Waals surface area (Å²) < 4.78 is 5.48. The molecule has 1 saturated carbocycles. The maximum Gasteiger partial charge on any atom is 0.133 e. The quantitative estimate of drug-likeness (QED) is 0.896. The molecule has 2 aliphatic rings. The summed E-state index contributed by atoms with van der Waals surface area (Å²) >= 11 is 0. The minimum Gasteiger partial charge on any atom is -0.378 e. The van der Waals surface area contributed by atoms with Crippen molar-refractivity contribution < 1.29 is 4.74 Å². The van der Waals surface area contributed by atoms with E-state index >= 15 is 0 Å². The highest BCUT2D eigenvalue weighted by atomic mass is 16.5. The topological polar surface area (TPSA) is 37.4 Å². The third-order valence-corrected chi connectivity index (χ3v) is 5.76. The van der Waals surface area contributed by atoms with E-state index in [0.717, 1.165) is 56.4 Å². The number of morpholine rings is 1. The Kier molecular flexibility index (Phi) is 6.12. The summed E-state index contributed by atoms with van der Waals surface area (Å²) in [5.74, 6) is 3.52. The first kappa shape index (κ1) is 17.7. The molecule has 24 heavy (non-hydrogen) atoms. The summed E-state index contributed by atoms with van der Waals surface area (Å²) in [6.07, 6.45) is 5.96. The lowest BCUT2D eigenvalue weighted by atomic mass is 9.74. The van der Waals surface area contributed by atoms with Crippen LogP contribution in [0, 0.1) is 17.8 Å². The van der Waals surface area contributed by atoms with E-state index in [1.165, 1.54) is 24.8 Å². The summed E-state index contributed by atoms with van der Waals surface area (Å²) in [6, 6.07) is 4.91. The molecule has 2 heterocycles. The van der Waals surface area contributed by atoms with E-state index in [9.17, 15) is 0 Å². The summed E-state index contributed by atoms with van der Waals surface area (Å²) in [6.45, 7) is 11.6. The standard InChI is InChI=1S/C20H33N3O/c1-15(2)18-7-6-16(3)13-19(18)22-14-17-5-4-8-21-20(17)23-9-11-24-12-10-23/h4-5,8,15-16,18-19,22H,6-7,9-14H2,1-3H3. The number of nitrogens with one attached hydrogen (secondary N) is 1. The Balaban J connectivity index is 1.67. The summed E-state index contributed by atoms with van der Waals surface area (Å²) in [5, 5.41) is 3.88. The van der Waals surface area contributed by atoms with Crippen LogP contribution >= 0.6 is 0 Å². The van der Waals surface area contributed by atoms with E-state index in [1.54, 1.807) is 0 Å². The molecule has 1 aliphatic heterocycles. The third kappa shape index (κ3) is 4.28. The van der Waals surface area contributed by atoms with Gasteiger partial charge < -0.3 is 15.0 Å². The van der Waals surface area contributed by atoms with Crippen LogP contribution in [0.1, 0.15) is 45.6 Å². The van der Waals surface area contributed by atoms with Crippen LogP contribution in [0.3, 0.4) is 0 Å². The first-order chi connectivity index (χ1) is 11.6. The predicted molar refractivity (Wildman–Crippen MR) is 99.2 cm³/mol. The van der Waals surface area contributed by atoms with Gasteiger partial charge in [-0.1, -0.05) is 33.3 Å². The number of rotatable bonds is 5. The molecule has 4 nitrogen and oxygen atoms in total. The first-order valence-electron chi connectivity index (χ1n) is 9.65. The predicted octanol–water partition coefficient (Wildman–Crippen LogP) is 3.47. The van der Waals surface area contributed by atoms with Gasteiger partial charge in [-0.05, 0) is 36.7 Å². The maximum absolute atomic E-state index is 5.48. The average Bonchev–Trinajstić information content (AvgIpc) is 2.61. The molecule has 3 rings (SSSR count). The zero-order valence-electron chi connectivity index (χ0n) is 15.5. The van der Waals surface area contributed by atoms with Crippen LogP contribution in [0.5, 0.6) is 0 Å². The van der Waals surface area contributed by atoms with Gasteiger partial charge in [0, 0.05) is 37.4 Å². The summed E-state index contributed by atoms with van der Waals surface area (Å²) in [4.78, 5) is 7.03. The Labute approximate surface area is 147 Å². The lowest BCUT2D eigenvalue weighted by Crippen LogP contribution is -2.43. The second-order valence-electron chi connectivity index (χ2n) is 7.90. The SMILES string of the molecule is CC1CCC(C(C)C)C(NCc2cccnc2N2CCOCC2)C1. The van der Waals surface area contributed by atoms with Crippen LogP contribution in [0.25, 0.3) is 0 Å². The zero-order valence-corrected chi connectivity index (χ0v) is 15.5. The van der Waals surface area contributed by atoms with Crippen molar-refractivity contribution in [3.05, 3.63) is 23.9 Å². The highest BCUT2D eigenvalue weighted by Crippen LogP contribution is 2.33. The van der Waals surface area contributed by atoms with Crippen LogP contribution in [0.4, 0.5) is 5.82 Å². The van der Waals surface area contributed by atoms with Crippen molar-refractivity contribution in [1.29, 1.82) is 0 Å². The molecule has 3 atom stereocenters. The Bertz CT molecular complexity index is 513. The van der Waals surface area contributed by atoms with Crippen molar-refractivity contribution in [1.82, 2.24) is 10.3 Å². The van der Waals surface area contributed by atoms with Crippen molar-refractivity contribution in [2.24, 2.45) is 17.8 Å². The van der Waals surface area contributed by atoms with Crippen molar-refractivity contribution in [3.8, 4) is 0 Å². The van der Waals surface area contributed by atoms with Crippen LogP contribution in [0.2, 0.25) is 0 Å². The number of nitrogens with zero attached hydrogens (tertiary/aromatic N) is 2. The van der Waals surface area contributed by atoms with E-state index in [1.807, 2.05) is 6.20 Å². The fourth-order valence-corrected chi connectivity index (χ4v) is 4.31. The molecule has 1 aliphatic carbocycles. The Morgan fingerprint density at radius 2 is 2.08 bits per heavy atom. The van der Waals surface area contributed by atoms with E-state index < -0.39 is 0 Å². The van der Waals surface area contributed by atoms with E-state index in [-0.39, 0.29) is 0 Å². The number of hydrogen-bond acceptors (Lipinski definition) is 4. The van der Waals surface area contributed by atoms with Crippen LogP contribution in [0.15, 0.2) is 18.3 Å². The molecule has 1 saturated heterocycles. The summed E-state index contributed by atoms with van der Waals surface area (Å²) in [5.41, 5.74) is 1.32. The first-order valence-corrected chi connectivity index (χ1v) is 9.65. The fraction of sp³-hybridized carbons (Fsp3) is 0.750. The maximum atomic E-state index is 5.48. The number of hydrogen-bond donors (Lipinski definition) is 1. The van der Waals surface area contributed by atoms with Gasteiger partial charge in [-0.3, -0.25) is 0 Å². The molecule has 1 aromatic heterocycles. The molecular formula is C20H33N3O. The van der Waals surface area contributed by atoms with Crippen molar-refractivity contribution in [2.75, 3.05) is 31.2 Å². The second kappa shape index (κ2) is 8.30. The number of pyridine rings is 1. The van der Waals surface area contributed by atoms with Crippen molar-refractivity contribution in [3.63, 3.8) is 0 Å². The van der Waals surface area contributed by atoms with Crippen LogP contribution in [-0.4, -0.2) is 37.3 Å². The molecule has 3 unspecified atom stereocenters. The zero-order chi connectivity index (χ0) is 16.9. The Morgan fingerprint density at radius 3 is 2.83 bits per heavy atom. The smallest absolute Gasteiger partial charge is 0.133 e. The number of ether oxygens (including phenoxy) is 1. The largest absolute Gasteiger partial charge is 0.378 e. The molecule has 1 N–H and O–H groups in total. The van der Waals surface area contributed by atoms with Crippen molar-refractivity contribution in [2.45, 2.75) is 52.6 Å². The van der Waals surface area contributed by atoms with E-state index in [0.29, 0.717) is 6.04 Å². The fourth-order valence-electron chi connectivity index (χ4n) is 4.31. The second-order valence-corrected chi connectivity index (χ2v) is 7.90. The molecule has 2 fully saturated rings. The minimum atomic E-state index is 0.631. The van der Waals surface area contributed by atoms with Crippen molar-refractivity contribution >= 4 is 5.82 Å². The molecule has 4 heteroatoms. The molecule has 134 valence electrons. The lowest BCUT2D eigenvalue weighted by Gasteiger charge is -2.38. The molecule has 0 radical (unpaired) electrons. The van der Waals surface area contributed by atoms with E-state index in [4.69, 9.17) is 4.74 Å². The van der Waals surface area contributed by atoms with Gasteiger partial charge in [0.05, 0.1) is 13.2 Å².